The molecule has 2 aromatic rings. The number of carbonyl (C=O) groups is 2. The van der Waals surface area contributed by atoms with Crippen LogP contribution in [0.3, 0.4) is 0 Å². The summed E-state index contributed by atoms with van der Waals surface area (Å²) in [6, 6.07) is 12.0. The number of nitrogens with one attached hydrogen (secondary N) is 2. The Morgan fingerprint density at radius 2 is 1.77 bits per heavy atom. The first-order valence-electron chi connectivity index (χ1n) is 8.51. The van der Waals surface area contributed by atoms with Gasteiger partial charge >= 0.3 is 0 Å². The first-order chi connectivity index (χ1) is 12.6. The molecule has 136 valence electrons. The van der Waals surface area contributed by atoms with Crippen molar-refractivity contribution in [1.82, 2.24) is 15.6 Å². The molecule has 1 aromatic carbocycles. The van der Waals surface area contributed by atoms with Crippen molar-refractivity contribution in [3.63, 3.8) is 0 Å². The summed E-state index contributed by atoms with van der Waals surface area (Å²) in [6.45, 7) is 1.54. The lowest BCUT2D eigenvalue weighted by Gasteiger charge is -2.11. The Morgan fingerprint density at radius 1 is 1.08 bits per heavy atom. The van der Waals surface area contributed by atoms with Crippen molar-refractivity contribution in [2.75, 3.05) is 13.2 Å². The minimum absolute atomic E-state index is 0.0600. The van der Waals surface area contributed by atoms with Crippen LogP contribution in [0.5, 0.6) is 0 Å². The number of nitrogens with zero attached hydrogens (tertiary/aromatic N) is 1. The van der Waals surface area contributed by atoms with Crippen LogP contribution in [-0.4, -0.2) is 36.1 Å². The molecule has 0 spiro atoms. The topological polar surface area (TPSA) is 80.3 Å². The Morgan fingerprint density at radius 3 is 2.42 bits per heavy atom. The van der Waals surface area contributed by atoms with Crippen molar-refractivity contribution >= 4 is 23.4 Å². The van der Waals surface area contributed by atoms with Crippen LogP contribution in [0, 0.1) is 0 Å². The molecule has 0 radical (unpaired) electrons. The molecule has 2 amide bonds. The van der Waals surface area contributed by atoms with Crippen LogP contribution >= 0.6 is 11.6 Å². The molecule has 1 aliphatic heterocycles. The first kappa shape index (κ1) is 18.4. The number of benzene rings is 1. The summed E-state index contributed by atoms with van der Waals surface area (Å²) in [5, 5.41) is 6.22. The van der Waals surface area contributed by atoms with Gasteiger partial charge in [0.1, 0.15) is 11.4 Å². The van der Waals surface area contributed by atoms with Gasteiger partial charge in [0.25, 0.3) is 11.8 Å². The molecule has 1 fully saturated rings. The second-order valence-electron chi connectivity index (χ2n) is 6.06. The smallest absolute Gasteiger partial charge is 0.270 e. The van der Waals surface area contributed by atoms with Crippen LogP contribution in [0.4, 0.5) is 0 Å². The highest BCUT2D eigenvalue weighted by Crippen LogP contribution is 2.11. The molecule has 0 saturated carbocycles. The fourth-order valence-corrected chi connectivity index (χ4v) is 2.79. The quantitative estimate of drug-likeness (QED) is 0.815. The normalized spacial score (nSPS) is 16.3. The third-order valence-electron chi connectivity index (χ3n) is 4.09. The zero-order valence-electron chi connectivity index (χ0n) is 14.2. The van der Waals surface area contributed by atoms with Gasteiger partial charge in [-0.1, -0.05) is 29.8 Å². The Kier molecular flexibility index (Phi) is 6.20. The molecule has 0 bridgehead atoms. The number of halogens is 1. The zero-order valence-corrected chi connectivity index (χ0v) is 15.0. The molecule has 1 aromatic heterocycles. The minimum atomic E-state index is -0.339. The van der Waals surface area contributed by atoms with E-state index in [0.29, 0.717) is 18.1 Å². The molecule has 1 saturated heterocycles. The van der Waals surface area contributed by atoms with Crippen molar-refractivity contribution in [3.05, 3.63) is 64.4 Å². The molecule has 1 atom stereocenters. The van der Waals surface area contributed by atoms with E-state index in [1.165, 1.54) is 0 Å². The zero-order chi connectivity index (χ0) is 18.4. The SMILES string of the molecule is O=C(NCc1ccc(Cl)cc1)c1cccc(C(=O)NCC2CCCO2)n1. The van der Waals surface area contributed by atoms with Gasteiger partial charge in [-0.25, -0.2) is 4.98 Å². The van der Waals surface area contributed by atoms with Crippen LogP contribution < -0.4 is 10.6 Å². The van der Waals surface area contributed by atoms with E-state index in [-0.39, 0.29) is 29.3 Å². The predicted octanol–water partition coefficient (Wildman–Crippen LogP) is 2.57. The number of rotatable bonds is 6. The van der Waals surface area contributed by atoms with E-state index in [4.69, 9.17) is 16.3 Å². The van der Waals surface area contributed by atoms with Gasteiger partial charge in [-0.2, -0.15) is 0 Å². The average Bonchev–Trinajstić information content (AvgIpc) is 3.19. The summed E-state index contributed by atoms with van der Waals surface area (Å²) in [7, 11) is 0. The molecular formula is C19H20ClN3O3. The lowest BCUT2D eigenvalue weighted by atomic mass is 10.2. The number of amides is 2. The van der Waals surface area contributed by atoms with E-state index in [2.05, 4.69) is 15.6 Å². The maximum absolute atomic E-state index is 12.3. The van der Waals surface area contributed by atoms with Gasteiger partial charge in [0.2, 0.25) is 0 Å². The third-order valence-corrected chi connectivity index (χ3v) is 4.35. The van der Waals surface area contributed by atoms with Crippen LogP contribution in [0.25, 0.3) is 0 Å². The number of pyridine rings is 1. The average molecular weight is 374 g/mol. The standard InChI is InChI=1S/C19H20ClN3O3/c20-14-8-6-13(7-9-14)11-21-18(24)16-4-1-5-17(23-16)19(25)22-12-15-3-2-10-26-15/h1,4-9,15H,2-3,10-12H2,(H,21,24)(H,22,25). The van der Waals surface area contributed by atoms with Crippen molar-refractivity contribution in [2.45, 2.75) is 25.5 Å². The molecule has 2 N–H and O–H groups in total. The fourth-order valence-electron chi connectivity index (χ4n) is 2.67. The van der Waals surface area contributed by atoms with Gasteiger partial charge in [0, 0.05) is 24.7 Å². The van der Waals surface area contributed by atoms with E-state index in [9.17, 15) is 9.59 Å². The van der Waals surface area contributed by atoms with Crippen LogP contribution in [0.2, 0.25) is 5.02 Å². The maximum Gasteiger partial charge on any atom is 0.270 e. The molecule has 1 aliphatic rings. The number of ether oxygens (including phenoxy) is 1. The highest BCUT2D eigenvalue weighted by molar-refractivity contribution is 6.30. The number of aromatic nitrogens is 1. The summed E-state index contributed by atoms with van der Waals surface area (Å²) < 4.78 is 5.48. The highest BCUT2D eigenvalue weighted by Gasteiger charge is 2.18. The Labute approximate surface area is 156 Å². The highest BCUT2D eigenvalue weighted by atomic mass is 35.5. The molecule has 1 unspecified atom stereocenters. The third kappa shape index (κ3) is 5.03. The summed E-state index contributed by atoms with van der Waals surface area (Å²) >= 11 is 5.84. The lowest BCUT2D eigenvalue weighted by molar-refractivity contribution is 0.0853. The number of hydrogen-bond donors (Lipinski definition) is 2. The van der Waals surface area contributed by atoms with E-state index < -0.39 is 0 Å². The number of carbonyl (C=O) groups excluding carboxylic acids is 2. The van der Waals surface area contributed by atoms with Gasteiger partial charge in [-0.05, 0) is 42.7 Å². The summed E-state index contributed by atoms with van der Waals surface area (Å²) in [4.78, 5) is 28.6. The van der Waals surface area contributed by atoms with E-state index in [0.717, 1.165) is 25.0 Å². The van der Waals surface area contributed by atoms with Crippen LogP contribution in [-0.2, 0) is 11.3 Å². The van der Waals surface area contributed by atoms with E-state index in [1.54, 1.807) is 30.3 Å². The Balaban J connectivity index is 1.55. The molecular weight excluding hydrogens is 354 g/mol. The number of hydrogen-bond acceptors (Lipinski definition) is 4. The summed E-state index contributed by atoms with van der Waals surface area (Å²) in [6.07, 6.45) is 2.02. The van der Waals surface area contributed by atoms with Gasteiger partial charge in [0.15, 0.2) is 0 Å². The van der Waals surface area contributed by atoms with E-state index in [1.807, 2.05) is 12.1 Å². The van der Waals surface area contributed by atoms with Crippen molar-refractivity contribution in [1.29, 1.82) is 0 Å². The molecule has 26 heavy (non-hydrogen) atoms. The first-order valence-corrected chi connectivity index (χ1v) is 8.89. The molecule has 0 aliphatic carbocycles. The minimum Gasteiger partial charge on any atom is -0.376 e. The predicted molar refractivity (Wildman–Crippen MR) is 98.2 cm³/mol. The lowest BCUT2D eigenvalue weighted by Crippen LogP contribution is -2.32. The van der Waals surface area contributed by atoms with Crippen LogP contribution in [0.15, 0.2) is 42.5 Å². The second-order valence-corrected chi connectivity index (χ2v) is 6.50. The van der Waals surface area contributed by atoms with Crippen molar-refractivity contribution < 1.29 is 14.3 Å². The molecule has 6 nitrogen and oxygen atoms in total. The summed E-state index contributed by atoms with van der Waals surface area (Å²) in [5.41, 5.74) is 1.33. The van der Waals surface area contributed by atoms with Crippen LogP contribution in [0.1, 0.15) is 39.4 Å². The van der Waals surface area contributed by atoms with Gasteiger partial charge in [-0.3, -0.25) is 9.59 Å². The molecule has 2 heterocycles. The van der Waals surface area contributed by atoms with Crippen molar-refractivity contribution in [2.24, 2.45) is 0 Å². The van der Waals surface area contributed by atoms with Gasteiger partial charge in [0.05, 0.1) is 6.10 Å². The van der Waals surface area contributed by atoms with Gasteiger partial charge in [-0.15, -0.1) is 0 Å². The molecule has 3 rings (SSSR count). The van der Waals surface area contributed by atoms with Crippen molar-refractivity contribution in [3.8, 4) is 0 Å². The fraction of sp³-hybridized carbons (Fsp3) is 0.316. The van der Waals surface area contributed by atoms with Gasteiger partial charge < -0.3 is 15.4 Å². The maximum atomic E-state index is 12.3. The largest absolute Gasteiger partial charge is 0.376 e. The Bertz CT molecular complexity index is 774. The van der Waals surface area contributed by atoms with E-state index >= 15 is 0 Å². The summed E-state index contributed by atoms with van der Waals surface area (Å²) in [5.74, 6) is -0.651. The Hall–Kier alpha value is -2.44. The monoisotopic (exact) mass is 373 g/mol. The molecule has 7 heteroatoms. The second kappa shape index (κ2) is 8.78.